The summed E-state index contributed by atoms with van der Waals surface area (Å²) in [7, 11) is 0. The van der Waals surface area contributed by atoms with Crippen LogP contribution in [0.15, 0.2) is 18.2 Å². The molecule has 94 valence electrons. The first-order chi connectivity index (χ1) is 8.09. The van der Waals surface area contributed by atoms with Gasteiger partial charge in [-0.05, 0) is 42.9 Å². The van der Waals surface area contributed by atoms with Gasteiger partial charge in [0.2, 0.25) is 0 Å². The number of halogens is 1. The predicted molar refractivity (Wildman–Crippen MR) is 66.3 cm³/mol. The Labute approximate surface area is 102 Å². The maximum absolute atomic E-state index is 13.7. The number of hydrogen-bond donors (Lipinski definition) is 2. The first-order valence-corrected chi connectivity index (χ1v) is 6.28. The Balaban J connectivity index is 2.24. The average molecular weight is 237 g/mol. The van der Waals surface area contributed by atoms with Crippen molar-refractivity contribution in [2.24, 2.45) is 5.92 Å². The van der Waals surface area contributed by atoms with Gasteiger partial charge in [-0.25, -0.2) is 4.39 Å². The Bertz CT molecular complexity index is 392. The lowest BCUT2D eigenvalue weighted by molar-refractivity contribution is 0.178. The lowest BCUT2D eigenvalue weighted by atomic mass is 9.80. The smallest absolute Gasteiger partial charge is 0.126 e. The van der Waals surface area contributed by atoms with Crippen molar-refractivity contribution in [3.63, 3.8) is 0 Å². The zero-order valence-electron chi connectivity index (χ0n) is 10.4. The highest BCUT2D eigenvalue weighted by Crippen LogP contribution is 2.35. The molecule has 0 saturated carbocycles. The van der Waals surface area contributed by atoms with Gasteiger partial charge in [0.1, 0.15) is 5.82 Å². The second-order valence-corrected chi connectivity index (χ2v) is 5.06. The molecule has 0 amide bonds. The van der Waals surface area contributed by atoms with Crippen LogP contribution in [0.4, 0.5) is 4.39 Å². The topological polar surface area (TPSA) is 32.3 Å². The number of benzene rings is 1. The van der Waals surface area contributed by atoms with Gasteiger partial charge in [-0.1, -0.05) is 19.1 Å². The molecule has 0 radical (unpaired) electrons. The van der Waals surface area contributed by atoms with Crippen molar-refractivity contribution < 1.29 is 9.50 Å². The van der Waals surface area contributed by atoms with Crippen LogP contribution in [-0.2, 0) is 6.42 Å². The fourth-order valence-electron chi connectivity index (χ4n) is 2.58. The third-order valence-corrected chi connectivity index (χ3v) is 3.54. The Morgan fingerprint density at radius 3 is 3.00 bits per heavy atom. The van der Waals surface area contributed by atoms with Gasteiger partial charge in [0.25, 0.3) is 0 Å². The fraction of sp³-hybridized carbons (Fsp3) is 0.571. The van der Waals surface area contributed by atoms with Crippen LogP contribution in [0.5, 0.6) is 0 Å². The lowest BCUT2D eigenvalue weighted by Crippen LogP contribution is -2.35. The Kier molecular flexibility index (Phi) is 3.79. The number of nitrogens with one attached hydrogen (secondary N) is 1. The molecule has 1 aromatic rings. The van der Waals surface area contributed by atoms with Crippen LogP contribution < -0.4 is 5.32 Å². The maximum Gasteiger partial charge on any atom is 0.126 e. The summed E-state index contributed by atoms with van der Waals surface area (Å²) in [6, 6.07) is 5.45. The Hall–Kier alpha value is -0.930. The minimum Gasteiger partial charge on any atom is -0.392 e. The monoisotopic (exact) mass is 237 g/mol. The maximum atomic E-state index is 13.7. The molecule has 17 heavy (non-hydrogen) atoms. The van der Waals surface area contributed by atoms with Gasteiger partial charge in [-0.2, -0.15) is 0 Å². The number of aliphatic hydroxyl groups is 1. The highest BCUT2D eigenvalue weighted by Gasteiger charge is 2.27. The summed E-state index contributed by atoms with van der Waals surface area (Å²) in [6.07, 6.45) is 1.43. The third kappa shape index (κ3) is 2.67. The number of aliphatic hydroxyl groups excluding tert-OH is 1. The molecule has 3 unspecified atom stereocenters. The molecular weight excluding hydrogens is 217 g/mol. The van der Waals surface area contributed by atoms with Gasteiger partial charge >= 0.3 is 0 Å². The van der Waals surface area contributed by atoms with Crippen LogP contribution >= 0.6 is 0 Å². The fourth-order valence-corrected chi connectivity index (χ4v) is 2.58. The molecular formula is C14H20FNO. The SMILES string of the molecule is CC(O)CNC1c2cccc(F)c2CCC1C. The standard InChI is InChI=1S/C14H20FNO/c1-9-6-7-11-12(4-3-5-13(11)15)14(9)16-8-10(2)17/h3-5,9-10,14,16-17H,6-8H2,1-2H3. The molecule has 1 aliphatic carbocycles. The summed E-state index contributed by atoms with van der Waals surface area (Å²) >= 11 is 0. The van der Waals surface area contributed by atoms with Crippen LogP contribution in [0.3, 0.4) is 0 Å². The van der Waals surface area contributed by atoms with Gasteiger partial charge in [-0.3, -0.25) is 0 Å². The molecule has 3 atom stereocenters. The van der Waals surface area contributed by atoms with Crippen LogP contribution in [0.2, 0.25) is 0 Å². The molecule has 0 aromatic heterocycles. The largest absolute Gasteiger partial charge is 0.392 e. The van der Waals surface area contributed by atoms with Crippen LogP contribution in [-0.4, -0.2) is 17.8 Å². The molecule has 0 bridgehead atoms. The molecule has 1 aliphatic rings. The van der Waals surface area contributed by atoms with Crippen LogP contribution in [0, 0.1) is 11.7 Å². The molecule has 0 fully saturated rings. The van der Waals surface area contributed by atoms with Gasteiger partial charge in [0, 0.05) is 12.6 Å². The summed E-state index contributed by atoms with van der Waals surface area (Å²) in [5.41, 5.74) is 1.90. The number of fused-ring (bicyclic) bond motifs is 1. The Morgan fingerprint density at radius 1 is 1.53 bits per heavy atom. The zero-order valence-corrected chi connectivity index (χ0v) is 10.4. The van der Waals surface area contributed by atoms with Crippen LogP contribution in [0.25, 0.3) is 0 Å². The first-order valence-electron chi connectivity index (χ1n) is 6.28. The van der Waals surface area contributed by atoms with Crippen molar-refractivity contribution in [3.05, 3.63) is 35.1 Å². The van der Waals surface area contributed by atoms with E-state index in [-0.39, 0.29) is 18.0 Å². The van der Waals surface area contributed by atoms with Crippen molar-refractivity contribution in [1.82, 2.24) is 5.32 Å². The van der Waals surface area contributed by atoms with Gasteiger partial charge < -0.3 is 10.4 Å². The van der Waals surface area contributed by atoms with Crippen molar-refractivity contribution in [2.45, 2.75) is 38.8 Å². The molecule has 0 saturated heterocycles. The molecule has 0 heterocycles. The molecule has 1 aromatic carbocycles. The number of rotatable bonds is 3. The van der Waals surface area contributed by atoms with E-state index in [9.17, 15) is 9.50 Å². The quantitative estimate of drug-likeness (QED) is 0.846. The highest BCUT2D eigenvalue weighted by molar-refractivity contribution is 5.34. The second-order valence-electron chi connectivity index (χ2n) is 5.06. The normalized spacial score (nSPS) is 25.4. The summed E-state index contributed by atoms with van der Waals surface area (Å²) in [6.45, 7) is 4.48. The number of hydrogen-bond acceptors (Lipinski definition) is 2. The van der Waals surface area contributed by atoms with Gasteiger partial charge in [-0.15, -0.1) is 0 Å². The molecule has 2 N–H and O–H groups in total. The van der Waals surface area contributed by atoms with E-state index in [1.54, 1.807) is 13.0 Å². The summed E-state index contributed by atoms with van der Waals surface area (Å²) in [5.74, 6) is 0.376. The van der Waals surface area contributed by atoms with Crippen molar-refractivity contribution in [2.75, 3.05) is 6.54 Å². The summed E-state index contributed by atoms with van der Waals surface area (Å²) < 4.78 is 13.7. The van der Waals surface area contributed by atoms with E-state index >= 15 is 0 Å². The molecule has 3 heteroatoms. The van der Waals surface area contributed by atoms with Crippen molar-refractivity contribution in [1.29, 1.82) is 0 Å². The first kappa shape index (κ1) is 12.5. The molecule has 2 rings (SSSR count). The van der Waals surface area contributed by atoms with Crippen molar-refractivity contribution >= 4 is 0 Å². The average Bonchev–Trinajstić information content (AvgIpc) is 2.27. The molecule has 0 spiro atoms. The minimum absolute atomic E-state index is 0.0988. The molecule has 0 aliphatic heterocycles. The minimum atomic E-state index is -0.374. The van der Waals surface area contributed by atoms with E-state index in [0.29, 0.717) is 12.5 Å². The predicted octanol–water partition coefficient (Wildman–Crippen LogP) is 2.42. The van der Waals surface area contributed by atoms with E-state index in [2.05, 4.69) is 12.2 Å². The third-order valence-electron chi connectivity index (χ3n) is 3.54. The van der Waals surface area contributed by atoms with E-state index in [0.717, 1.165) is 24.0 Å². The van der Waals surface area contributed by atoms with Crippen molar-refractivity contribution in [3.8, 4) is 0 Å². The highest BCUT2D eigenvalue weighted by atomic mass is 19.1. The summed E-state index contributed by atoms with van der Waals surface area (Å²) in [5, 5.41) is 12.7. The van der Waals surface area contributed by atoms with E-state index in [1.807, 2.05) is 6.07 Å². The van der Waals surface area contributed by atoms with E-state index in [4.69, 9.17) is 0 Å². The van der Waals surface area contributed by atoms with Crippen LogP contribution in [0.1, 0.15) is 37.4 Å². The summed E-state index contributed by atoms with van der Waals surface area (Å²) in [4.78, 5) is 0. The second kappa shape index (κ2) is 5.15. The molecule has 2 nitrogen and oxygen atoms in total. The Morgan fingerprint density at radius 2 is 2.29 bits per heavy atom. The van der Waals surface area contributed by atoms with E-state index in [1.165, 1.54) is 6.07 Å². The van der Waals surface area contributed by atoms with E-state index < -0.39 is 0 Å². The van der Waals surface area contributed by atoms with Gasteiger partial charge in [0.15, 0.2) is 0 Å². The zero-order chi connectivity index (χ0) is 12.4. The van der Waals surface area contributed by atoms with Gasteiger partial charge in [0.05, 0.1) is 6.10 Å². The lowest BCUT2D eigenvalue weighted by Gasteiger charge is -2.32.